The molecule has 1 aliphatic rings. The van der Waals surface area contributed by atoms with Crippen molar-refractivity contribution in [2.24, 2.45) is 5.73 Å². The van der Waals surface area contributed by atoms with Gasteiger partial charge >= 0.3 is 0 Å². The maximum absolute atomic E-state index is 14.0. The average Bonchev–Trinajstić information content (AvgIpc) is 2.42. The lowest BCUT2D eigenvalue weighted by Crippen LogP contribution is -2.24. The third-order valence-electron chi connectivity index (χ3n) is 3.38. The third kappa shape index (κ3) is 2.20. The molecule has 1 aliphatic heterocycles. The fraction of sp³-hybridized carbons (Fsp3) is 0.200. The van der Waals surface area contributed by atoms with Crippen LogP contribution in [0.15, 0.2) is 42.5 Å². The van der Waals surface area contributed by atoms with Crippen molar-refractivity contribution in [1.82, 2.24) is 0 Å². The van der Waals surface area contributed by atoms with Gasteiger partial charge in [0.1, 0.15) is 17.7 Å². The minimum absolute atomic E-state index is 0.105. The molecular weight excluding hydrogens is 265 g/mol. The van der Waals surface area contributed by atoms with Crippen LogP contribution in [0.2, 0.25) is 5.02 Å². The summed E-state index contributed by atoms with van der Waals surface area (Å²) in [4.78, 5) is 0. The second kappa shape index (κ2) is 4.83. The monoisotopic (exact) mass is 277 g/mol. The number of para-hydroxylation sites is 1. The zero-order valence-electron chi connectivity index (χ0n) is 10.1. The second-order valence-electron chi connectivity index (χ2n) is 4.63. The molecule has 3 rings (SSSR count). The average molecular weight is 278 g/mol. The van der Waals surface area contributed by atoms with E-state index in [-0.39, 0.29) is 11.1 Å². The summed E-state index contributed by atoms with van der Waals surface area (Å²) in [5.41, 5.74) is 7.54. The van der Waals surface area contributed by atoms with Crippen molar-refractivity contribution in [3.05, 3.63) is 64.4 Å². The van der Waals surface area contributed by atoms with E-state index in [0.717, 1.165) is 5.56 Å². The molecular formula is C15H13ClFNO. The standard InChI is InChI=1S/C15H13ClFNO/c16-11-6-3-5-10(15(11)17)14-8-12(18)9-4-1-2-7-13(9)19-14/h1-7,12,14H,8,18H2. The molecule has 2 unspecified atom stereocenters. The molecule has 2 nitrogen and oxygen atoms in total. The molecule has 2 aromatic carbocycles. The van der Waals surface area contributed by atoms with Crippen LogP contribution >= 0.6 is 11.6 Å². The molecule has 0 spiro atoms. The Kier molecular flexibility index (Phi) is 3.17. The van der Waals surface area contributed by atoms with E-state index in [0.29, 0.717) is 17.7 Å². The molecule has 0 saturated carbocycles. The van der Waals surface area contributed by atoms with Crippen molar-refractivity contribution in [3.8, 4) is 5.75 Å². The molecule has 2 N–H and O–H groups in total. The van der Waals surface area contributed by atoms with Crippen molar-refractivity contribution in [3.63, 3.8) is 0 Å². The van der Waals surface area contributed by atoms with Gasteiger partial charge in [-0.3, -0.25) is 0 Å². The molecule has 0 bridgehead atoms. The molecule has 0 saturated heterocycles. The summed E-state index contributed by atoms with van der Waals surface area (Å²) in [6, 6.07) is 12.4. The highest BCUT2D eigenvalue weighted by atomic mass is 35.5. The SMILES string of the molecule is NC1CC(c2cccc(Cl)c2F)Oc2ccccc21. The van der Waals surface area contributed by atoms with E-state index in [4.69, 9.17) is 22.1 Å². The Hall–Kier alpha value is -1.58. The first-order chi connectivity index (χ1) is 9.16. The summed E-state index contributed by atoms with van der Waals surface area (Å²) in [5.74, 6) is 0.284. The van der Waals surface area contributed by atoms with Crippen LogP contribution in [-0.4, -0.2) is 0 Å². The fourth-order valence-electron chi connectivity index (χ4n) is 2.41. The first-order valence-electron chi connectivity index (χ1n) is 6.12. The van der Waals surface area contributed by atoms with E-state index >= 15 is 0 Å². The number of fused-ring (bicyclic) bond motifs is 1. The van der Waals surface area contributed by atoms with Gasteiger partial charge in [-0.05, 0) is 12.1 Å². The van der Waals surface area contributed by atoms with Crippen LogP contribution in [0.1, 0.15) is 29.7 Å². The maximum atomic E-state index is 14.0. The Morgan fingerprint density at radius 1 is 1.11 bits per heavy atom. The van der Waals surface area contributed by atoms with E-state index in [9.17, 15) is 4.39 Å². The molecule has 0 fully saturated rings. The highest BCUT2D eigenvalue weighted by Crippen LogP contribution is 2.40. The van der Waals surface area contributed by atoms with Crippen LogP contribution in [0.5, 0.6) is 5.75 Å². The van der Waals surface area contributed by atoms with Gasteiger partial charge in [-0.2, -0.15) is 0 Å². The van der Waals surface area contributed by atoms with Crippen molar-refractivity contribution < 1.29 is 9.13 Å². The minimum atomic E-state index is -0.430. The predicted octanol–water partition coefficient (Wildman–Crippen LogP) is 4.00. The quantitative estimate of drug-likeness (QED) is 0.855. The molecule has 0 aliphatic carbocycles. The van der Waals surface area contributed by atoms with Gasteiger partial charge in [-0.1, -0.05) is 41.9 Å². The molecule has 0 radical (unpaired) electrons. The first-order valence-corrected chi connectivity index (χ1v) is 6.49. The Morgan fingerprint density at radius 3 is 2.68 bits per heavy atom. The smallest absolute Gasteiger partial charge is 0.148 e. The molecule has 2 atom stereocenters. The van der Waals surface area contributed by atoms with Gasteiger partial charge in [0.25, 0.3) is 0 Å². The number of halogens is 2. The molecule has 1 heterocycles. The Bertz CT molecular complexity index is 617. The van der Waals surface area contributed by atoms with Crippen LogP contribution in [0, 0.1) is 5.82 Å². The number of nitrogens with two attached hydrogens (primary N) is 1. The highest BCUT2D eigenvalue weighted by Gasteiger charge is 2.28. The van der Waals surface area contributed by atoms with Crippen LogP contribution < -0.4 is 10.5 Å². The normalized spacial score (nSPS) is 21.6. The van der Waals surface area contributed by atoms with Gasteiger partial charge in [0, 0.05) is 23.6 Å². The molecule has 0 aromatic heterocycles. The van der Waals surface area contributed by atoms with E-state index < -0.39 is 11.9 Å². The molecule has 98 valence electrons. The second-order valence-corrected chi connectivity index (χ2v) is 5.04. The van der Waals surface area contributed by atoms with Crippen molar-refractivity contribution in [2.75, 3.05) is 0 Å². The number of benzene rings is 2. The van der Waals surface area contributed by atoms with Crippen LogP contribution in [0.3, 0.4) is 0 Å². The summed E-state index contributed by atoms with van der Waals surface area (Å²) < 4.78 is 19.9. The lowest BCUT2D eigenvalue weighted by Gasteiger charge is -2.30. The Balaban J connectivity index is 1.99. The summed E-state index contributed by atoms with van der Waals surface area (Å²) in [5, 5.41) is 0.105. The van der Waals surface area contributed by atoms with E-state index in [2.05, 4.69) is 0 Å². The van der Waals surface area contributed by atoms with Gasteiger partial charge < -0.3 is 10.5 Å². The summed E-state index contributed by atoms with van der Waals surface area (Å²) in [6.07, 6.45) is 0.137. The number of hydrogen-bond acceptors (Lipinski definition) is 2. The summed E-state index contributed by atoms with van der Waals surface area (Å²) in [6.45, 7) is 0. The zero-order chi connectivity index (χ0) is 13.4. The molecule has 19 heavy (non-hydrogen) atoms. The molecule has 0 amide bonds. The fourth-order valence-corrected chi connectivity index (χ4v) is 2.59. The van der Waals surface area contributed by atoms with E-state index in [1.165, 1.54) is 6.07 Å². The van der Waals surface area contributed by atoms with Crippen molar-refractivity contribution in [2.45, 2.75) is 18.6 Å². The maximum Gasteiger partial charge on any atom is 0.148 e. The van der Waals surface area contributed by atoms with Crippen molar-refractivity contribution in [1.29, 1.82) is 0 Å². The topological polar surface area (TPSA) is 35.2 Å². The lowest BCUT2D eigenvalue weighted by molar-refractivity contribution is 0.157. The van der Waals surface area contributed by atoms with E-state index in [1.54, 1.807) is 12.1 Å². The van der Waals surface area contributed by atoms with Crippen LogP contribution in [-0.2, 0) is 0 Å². The van der Waals surface area contributed by atoms with E-state index in [1.807, 2.05) is 24.3 Å². The van der Waals surface area contributed by atoms with Gasteiger partial charge in [0.15, 0.2) is 0 Å². The minimum Gasteiger partial charge on any atom is -0.485 e. The number of hydrogen-bond donors (Lipinski definition) is 1. The Labute approximate surface area is 115 Å². The molecule has 4 heteroatoms. The van der Waals surface area contributed by atoms with Gasteiger partial charge in [-0.15, -0.1) is 0 Å². The van der Waals surface area contributed by atoms with Gasteiger partial charge in [-0.25, -0.2) is 4.39 Å². The van der Waals surface area contributed by atoms with Crippen molar-refractivity contribution >= 4 is 11.6 Å². The predicted molar refractivity (Wildman–Crippen MR) is 72.8 cm³/mol. The van der Waals surface area contributed by atoms with Crippen LogP contribution in [0.4, 0.5) is 4.39 Å². The number of ether oxygens (including phenoxy) is 1. The summed E-state index contributed by atoms with van der Waals surface area (Å²) in [7, 11) is 0. The lowest BCUT2D eigenvalue weighted by atomic mass is 9.93. The highest BCUT2D eigenvalue weighted by molar-refractivity contribution is 6.30. The Morgan fingerprint density at radius 2 is 1.84 bits per heavy atom. The zero-order valence-corrected chi connectivity index (χ0v) is 10.9. The summed E-state index contributed by atoms with van der Waals surface area (Å²) >= 11 is 5.81. The first kappa shape index (κ1) is 12.5. The number of rotatable bonds is 1. The van der Waals surface area contributed by atoms with Crippen LogP contribution in [0.25, 0.3) is 0 Å². The third-order valence-corrected chi connectivity index (χ3v) is 3.68. The van der Waals surface area contributed by atoms with Gasteiger partial charge in [0.2, 0.25) is 0 Å². The molecule has 2 aromatic rings. The largest absolute Gasteiger partial charge is 0.485 e. The van der Waals surface area contributed by atoms with Gasteiger partial charge in [0.05, 0.1) is 5.02 Å².